The molecule has 0 aliphatic rings. The number of aromatic nitrogens is 8. The standard InChI is InChI=1S/C88H54N12/c1-8-56-16-24-65(45-76(56)90-36-1)97(64-23-15-55-35-43-89-54-63(55)44-64)83-52-84(98(66-25-17-57-9-2-37-91-77(57)46-66)67-26-18-58-10-3-38-92-78(58)47-67)73-33-34-75-86(100(70-29-21-61-13-6-41-95-81(61)50-70)71-30-22-62-14-7-42-96-82(62)51-71)53-85(74-32-31-72(83)87(73)88(74)75)99(68-27-19-59-11-4-39-93-79(59)48-68)69-28-20-60-12-5-40-94-80(60)49-69/h1-54H. The lowest BCUT2D eigenvalue weighted by Gasteiger charge is -2.34. The molecule has 0 fully saturated rings. The first-order valence-electron chi connectivity index (χ1n) is 33.3. The van der Waals surface area contributed by atoms with Crippen LogP contribution in [0.4, 0.5) is 68.2 Å². The number of anilines is 12. The summed E-state index contributed by atoms with van der Waals surface area (Å²) < 4.78 is 0. The molecule has 20 aromatic rings. The molecule has 0 aliphatic carbocycles. The van der Waals surface area contributed by atoms with Gasteiger partial charge in [0.2, 0.25) is 0 Å². The highest BCUT2D eigenvalue weighted by atomic mass is 15.2. The Bertz CT molecular complexity index is 5590. The lowest BCUT2D eigenvalue weighted by molar-refractivity contribution is 1.26. The highest BCUT2D eigenvalue weighted by Crippen LogP contribution is 2.56. The average molecular weight is 1280 g/mol. The summed E-state index contributed by atoms with van der Waals surface area (Å²) in [6.45, 7) is 0. The van der Waals surface area contributed by atoms with Gasteiger partial charge in [-0.15, -0.1) is 0 Å². The first kappa shape index (κ1) is 56.5. The smallest absolute Gasteiger partial charge is 0.0722 e. The minimum absolute atomic E-state index is 0.867. The summed E-state index contributed by atoms with van der Waals surface area (Å²) in [6.07, 6.45) is 16.9. The van der Waals surface area contributed by atoms with Crippen LogP contribution in [0.2, 0.25) is 0 Å². The molecule has 0 radical (unpaired) electrons. The van der Waals surface area contributed by atoms with Crippen molar-refractivity contribution in [2.75, 3.05) is 19.6 Å². The number of rotatable bonds is 12. The predicted molar refractivity (Wildman–Crippen MR) is 411 cm³/mol. The maximum Gasteiger partial charge on any atom is 0.0722 e. The van der Waals surface area contributed by atoms with E-state index in [1.54, 1.807) is 0 Å². The summed E-state index contributed by atoms with van der Waals surface area (Å²) in [6, 6.07) is 97.9. The monoisotopic (exact) mass is 1280 g/mol. The van der Waals surface area contributed by atoms with E-state index < -0.39 is 0 Å². The summed E-state index contributed by atoms with van der Waals surface area (Å²) in [4.78, 5) is 49.3. The summed E-state index contributed by atoms with van der Waals surface area (Å²) in [5.41, 5.74) is 17.2. The highest BCUT2D eigenvalue weighted by molar-refractivity contribution is 6.33. The van der Waals surface area contributed by atoms with Crippen LogP contribution in [0.1, 0.15) is 0 Å². The van der Waals surface area contributed by atoms with Crippen molar-refractivity contribution in [2.45, 2.75) is 0 Å². The minimum atomic E-state index is 0.867. The molecule has 0 saturated carbocycles. The van der Waals surface area contributed by atoms with Crippen LogP contribution in [0.3, 0.4) is 0 Å². The van der Waals surface area contributed by atoms with Crippen molar-refractivity contribution in [3.63, 3.8) is 0 Å². The molecule has 0 amide bonds. The van der Waals surface area contributed by atoms with Gasteiger partial charge in [-0.3, -0.25) is 39.9 Å². The molecule has 20 rings (SSSR count). The van der Waals surface area contributed by atoms with Crippen LogP contribution in [0.25, 0.3) is 119 Å². The maximum absolute atomic E-state index is 5.00. The molecule has 12 nitrogen and oxygen atoms in total. The molecule has 0 N–H and O–H groups in total. The van der Waals surface area contributed by atoms with Crippen LogP contribution in [-0.2, 0) is 0 Å². The van der Waals surface area contributed by atoms with Gasteiger partial charge in [0.05, 0.1) is 61.4 Å². The van der Waals surface area contributed by atoms with E-state index in [0.717, 1.165) is 188 Å². The summed E-state index contributed by atoms with van der Waals surface area (Å²) in [5, 5.41) is 15.5. The lowest BCUT2D eigenvalue weighted by atomic mass is 9.89. The van der Waals surface area contributed by atoms with Gasteiger partial charge in [-0.2, -0.15) is 0 Å². The second kappa shape index (κ2) is 22.9. The van der Waals surface area contributed by atoms with Crippen LogP contribution < -0.4 is 19.6 Å². The molecule has 0 unspecified atom stereocenters. The van der Waals surface area contributed by atoms with Gasteiger partial charge in [0.25, 0.3) is 0 Å². The predicted octanol–water partition coefficient (Wildman–Crippen LogP) is 22.8. The Kier molecular flexibility index (Phi) is 13.0. The maximum atomic E-state index is 5.00. The first-order chi connectivity index (χ1) is 49.5. The quantitative estimate of drug-likeness (QED) is 0.108. The van der Waals surface area contributed by atoms with Crippen molar-refractivity contribution in [2.24, 2.45) is 0 Å². The Morgan fingerprint density at radius 1 is 0.180 bits per heavy atom. The SMILES string of the molecule is c1cnc2cc(N(c3ccc4ccncc4c3)c3cc(N(c4ccc5cccnc5c4)c4ccc5cccnc5c4)c4ccc5c(N(c6ccc7cccnc7c6)c6ccc7cccnc7c6)cc(N(c6ccc7cccnc7c6)c6ccc7cccnc7c6)c6ccc3c4c65)ccc2c1. The second-order valence-corrected chi connectivity index (χ2v) is 25.3. The minimum Gasteiger partial charge on any atom is -0.310 e. The van der Waals surface area contributed by atoms with E-state index in [1.165, 1.54) is 0 Å². The van der Waals surface area contributed by atoms with Crippen molar-refractivity contribution in [3.8, 4) is 0 Å². The summed E-state index contributed by atoms with van der Waals surface area (Å²) >= 11 is 0. The number of pyridine rings is 8. The van der Waals surface area contributed by atoms with E-state index in [4.69, 9.17) is 34.9 Å². The fourth-order valence-corrected chi connectivity index (χ4v) is 14.9. The van der Waals surface area contributed by atoms with Crippen LogP contribution in [0, 0.1) is 0 Å². The summed E-state index contributed by atoms with van der Waals surface area (Å²) in [7, 11) is 0. The van der Waals surface area contributed by atoms with Crippen molar-refractivity contribution < 1.29 is 0 Å². The Morgan fingerprint density at radius 2 is 0.410 bits per heavy atom. The van der Waals surface area contributed by atoms with Crippen LogP contribution in [0.15, 0.2) is 329 Å². The van der Waals surface area contributed by atoms with Gasteiger partial charge < -0.3 is 19.6 Å². The third-order valence-corrected chi connectivity index (χ3v) is 19.6. The van der Waals surface area contributed by atoms with Gasteiger partial charge in [0, 0.05) is 177 Å². The van der Waals surface area contributed by atoms with E-state index >= 15 is 0 Å². The van der Waals surface area contributed by atoms with E-state index in [-0.39, 0.29) is 0 Å². The van der Waals surface area contributed by atoms with Crippen molar-refractivity contribution in [1.82, 2.24) is 39.9 Å². The zero-order valence-electron chi connectivity index (χ0n) is 53.5. The molecule has 0 saturated heterocycles. The molecular weight excluding hydrogens is 1230 g/mol. The average Bonchev–Trinajstić information content (AvgIpc) is 0.698. The lowest BCUT2D eigenvalue weighted by Crippen LogP contribution is -2.16. The number of hydrogen-bond donors (Lipinski definition) is 0. The Labute approximate surface area is 572 Å². The number of hydrogen-bond acceptors (Lipinski definition) is 12. The number of nitrogens with zero attached hydrogens (tertiary/aromatic N) is 12. The van der Waals surface area contributed by atoms with Gasteiger partial charge in [0.1, 0.15) is 0 Å². The van der Waals surface area contributed by atoms with Gasteiger partial charge >= 0.3 is 0 Å². The summed E-state index contributed by atoms with van der Waals surface area (Å²) in [5.74, 6) is 0. The Morgan fingerprint density at radius 3 is 0.660 bits per heavy atom. The van der Waals surface area contributed by atoms with Gasteiger partial charge in [-0.1, -0.05) is 115 Å². The Balaban J connectivity index is 0.978. The van der Waals surface area contributed by atoms with Crippen molar-refractivity contribution >= 4 is 188 Å². The van der Waals surface area contributed by atoms with Crippen molar-refractivity contribution in [3.05, 3.63) is 329 Å². The van der Waals surface area contributed by atoms with E-state index in [1.807, 2.05) is 98.2 Å². The molecule has 12 aromatic carbocycles. The van der Waals surface area contributed by atoms with Crippen LogP contribution >= 0.6 is 0 Å². The normalized spacial score (nSPS) is 11.8. The molecular formula is C88H54N12. The Hall–Kier alpha value is -13.8. The first-order valence-corrected chi connectivity index (χ1v) is 33.3. The molecule has 0 aliphatic heterocycles. The van der Waals surface area contributed by atoms with E-state index in [2.05, 4.69) is 255 Å². The molecule has 8 aromatic heterocycles. The van der Waals surface area contributed by atoms with E-state index in [0.29, 0.717) is 0 Å². The largest absolute Gasteiger partial charge is 0.310 e. The fourth-order valence-electron chi connectivity index (χ4n) is 14.9. The zero-order valence-corrected chi connectivity index (χ0v) is 53.5. The molecule has 8 heterocycles. The fraction of sp³-hybridized carbons (Fsp3) is 0. The van der Waals surface area contributed by atoms with E-state index in [9.17, 15) is 0 Å². The van der Waals surface area contributed by atoms with Crippen LogP contribution in [0.5, 0.6) is 0 Å². The van der Waals surface area contributed by atoms with Gasteiger partial charge in [-0.25, -0.2) is 0 Å². The molecule has 0 spiro atoms. The number of benzene rings is 12. The van der Waals surface area contributed by atoms with Crippen molar-refractivity contribution in [1.29, 1.82) is 0 Å². The van der Waals surface area contributed by atoms with Gasteiger partial charge in [0.15, 0.2) is 0 Å². The number of fused-ring (bicyclic) bond motifs is 8. The topological polar surface area (TPSA) is 116 Å². The third-order valence-electron chi connectivity index (χ3n) is 19.6. The molecule has 12 heteroatoms. The second-order valence-electron chi connectivity index (χ2n) is 25.3. The zero-order chi connectivity index (χ0) is 65.8. The molecule has 0 atom stereocenters. The molecule has 466 valence electrons. The molecule has 100 heavy (non-hydrogen) atoms. The molecule has 0 bridgehead atoms. The van der Waals surface area contributed by atoms with Crippen LogP contribution in [-0.4, -0.2) is 39.9 Å². The van der Waals surface area contributed by atoms with Gasteiger partial charge in [-0.05, 0) is 163 Å². The highest BCUT2D eigenvalue weighted by Gasteiger charge is 2.30. The third kappa shape index (κ3) is 9.45.